The average molecular weight is 461 g/mol. The first-order valence-corrected chi connectivity index (χ1v) is 13.6. The predicted octanol–water partition coefficient (Wildman–Crippen LogP) is 5.90. The second kappa shape index (κ2) is 8.33. The van der Waals surface area contributed by atoms with E-state index in [0.717, 1.165) is 56.5 Å². The van der Waals surface area contributed by atoms with Crippen LogP contribution in [0, 0.1) is 34.5 Å². The smallest absolute Gasteiger partial charge is 0.310 e. The van der Waals surface area contributed by atoms with Crippen molar-refractivity contribution in [2.24, 2.45) is 34.5 Å². The van der Waals surface area contributed by atoms with Crippen molar-refractivity contribution in [1.29, 1.82) is 0 Å². The minimum atomic E-state index is 0.0423. The van der Waals surface area contributed by atoms with Gasteiger partial charge in [-0.15, -0.1) is 0 Å². The number of carbonyl (C=O) groups is 1. The van der Waals surface area contributed by atoms with Crippen molar-refractivity contribution >= 4 is 11.5 Å². The van der Waals surface area contributed by atoms with Gasteiger partial charge in [0.05, 0.1) is 5.92 Å². The van der Waals surface area contributed by atoms with Crippen molar-refractivity contribution in [3.8, 4) is 0 Å². The molecule has 1 aromatic rings. The van der Waals surface area contributed by atoms with Gasteiger partial charge in [-0.05, 0) is 104 Å². The Morgan fingerprint density at radius 1 is 1.09 bits per heavy atom. The van der Waals surface area contributed by atoms with E-state index in [2.05, 4.69) is 61.3 Å². The summed E-state index contributed by atoms with van der Waals surface area (Å²) in [5.41, 5.74) is 4.99. The van der Waals surface area contributed by atoms with Gasteiger partial charge in [-0.2, -0.15) is 0 Å². The normalized spacial score (nSPS) is 41.7. The van der Waals surface area contributed by atoms with Crippen LogP contribution in [0.5, 0.6) is 0 Å². The molecule has 5 aliphatic rings. The molecule has 3 fully saturated rings. The fourth-order valence-electron chi connectivity index (χ4n) is 8.65. The molecule has 0 aromatic carbocycles. The molecule has 182 valence electrons. The molecule has 4 nitrogen and oxygen atoms in total. The highest BCUT2D eigenvalue weighted by molar-refractivity contribution is 5.73. The van der Waals surface area contributed by atoms with Crippen molar-refractivity contribution in [2.75, 3.05) is 20.1 Å². The summed E-state index contributed by atoms with van der Waals surface area (Å²) >= 11 is 0. The molecular formula is C30H40N2O2. The van der Waals surface area contributed by atoms with Gasteiger partial charge < -0.3 is 9.64 Å². The number of carbonyl (C=O) groups excluding carboxylic acids is 1. The van der Waals surface area contributed by atoms with Crippen LogP contribution < -0.4 is 0 Å². The fraction of sp³-hybridized carbons (Fsp3) is 0.667. The van der Waals surface area contributed by atoms with E-state index < -0.39 is 0 Å². The maximum Gasteiger partial charge on any atom is 0.310 e. The Labute approximate surface area is 204 Å². The van der Waals surface area contributed by atoms with Gasteiger partial charge in [0.2, 0.25) is 0 Å². The molecule has 1 saturated heterocycles. The lowest BCUT2D eigenvalue weighted by Gasteiger charge is -2.57. The SMILES string of the molecule is CN1CCC(C(=O)O[C@H]2CC[C@@]3(C)C(=CC[C@H]4C5CC=C(c6cccnc6)[C@@]5(C)CC[C@H]43)C2)C1. The van der Waals surface area contributed by atoms with Gasteiger partial charge >= 0.3 is 5.97 Å². The van der Waals surface area contributed by atoms with Crippen LogP contribution in [0.3, 0.4) is 0 Å². The lowest BCUT2D eigenvalue weighted by Crippen LogP contribution is -2.50. The van der Waals surface area contributed by atoms with Crippen LogP contribution in [0.2, 0.25) is 0 Å². The number of hydrogen-bond donors (Lipinski definition) is 0. The third-order valence-electron chi connectivity index (χ3n) is 10.6. The Balaban J connectivity index is 1.17. The minimum Gasteiger partial charge on any atom is -0.462 e. The van der Waals surface area contributed by atoms with Gasteiger partial charge in [0.15, 0.2) is 0 Å². The summed E-state index contributed by atoms with van der Waals surface area (Å²) in [6.07, 6.45) is 18.2. The Bertz CT molecular complexity index is 1020. The zero-order valence-electron chi connectivity index (χ0n) is 21.1. The number of aromatic nitrogens is 1. The van der Waals surface area contributed by atoms with Crippen molar-refractivity contribution < 1.29 is 9.53 Å². The number of allylic oxidation sites excluding steroid dienone is 3. The molecule has 6 rings (SSSR count). The van der Waals surface area contributed by atoms with E-state index in [1.807, 2.05) is 6.20 Å². The summed E-state index contributed by atoms with van der Waals surface area (Å²) in [6, 6.07) is 4.32. The molecule has 0 amide bonds. The predicted molar refractivity (Wildman–Crippen MR) is 135 cm³/mol. The molecule has 0 radical (unpaired) electrons. The molecule has 0 spiro atoms. The van der Waals surface area contributed by atoms with Gasteiger partial charge in [0.25, 0.3) is 0 Å². The van der Waals surface area contributed by atoms with Crippen molar-refractivity contribution in [3.63, 3.8) is 0 Å². The Morgan fingerprint density at radius 2 is 1.94 bits per heavy atom. The largest absolute Gasteiger partial charge is 0.462 e. The summed E-state index contributed by atoms with van der Waals surface area (Å²) in [5, 5.41) is 0. The molecule has 4 heteroatoms. The molecule has 4 aliphatic carbocycles. The zero-order valence-corrected chi connectivity index (χ0v) is 21.1. The molecule has 7 atom stereocenters. The third-order valence-corrected chi connectivity index (χ3v) is 10.6. The quantitative estimate of drug-likeness (QED) is 0.416. The van der Waals surface area contributed by atoms with Crippen LogP contribution in [0.4, 0.5) is 0 Å². The second-order valence-electron chi connectivity index (χ2n) is 12.4. The van der Waals surface area contributed by atoms with Crippen LogP contribution in [0.25, 0.3) is 5.57 Å². The molecule has 2 saturated carbocycles. The third kappa shape index (κ3) is 3.51. The molecule has 0 bridgehead atoms. The highest BCUT2D eigenvalue weighted by Gasteiger charge is 2.57. The van der Waals surface area contributed by atoms with Crippen LogP contribution in [-0.2, 0) is 9.53 Å². The van der Waals surface area contributed by atoms with Crippen LogP contribution in [0.15, 0.2) is 42.3 Å². The average Bonchev–Trinajstić information content (AvgIpc) is 3.43. The van der Waals surface area contributed by atoms with Crippen LogP contribution in [0.1, 0.15) is 70.8 Å². The Morgan fingerprint density at radius 3 is 2.71 bits per heavy atom. The summed E-state index contributed by atoms with van der Waals surface area (Å²) in [7, 11) is 2.09. The van der Waals surface area contributed by atoms with E-state index in [-0.39, 0.29) is 28.8 Å². The first kappa shape index (κ1) is 22.5. The van der Waals surface area contributed by atoms with E-state index in [4.69, 9.17) is 4.74 Å². The highest BCUT2D eigenvalue weighted by atomic mass is 16.5. The van der Waals surface area contributed by atoms with Crippen molar-refractivity contribution in [2.45, 2.75) is 71.3 Å². The molecule has 2 unspecified atom stereocenters. The number of esters is 1. The summed E-state index contributed by atoms with van der Waals surface area (Å²) in [5.74, 6) is 2.35. The topological polar surface area (TPSA) is 42.4 Å². The van der Waals surface area contributed by atoms with Gasteiger partial charge in [-0.1, -0.05) is 37.6 Å². The molecule has 1 aromatic heterocycles. The number of nitrogens with zero attached hydrogens (tertiary/aromatic N) is 2. The fourth-order valence-corrected chi connectivity index (χ4v) is 8.65. The first-order valence-electron chi connectivity index (χ1n) is 13.6. The van der Waals surface area contributed by atoms with Crippen molar-refractivity contribution in [3.05, 3.63) is 47.8 Å². The number of rotatable bonds is 3. The highest BCUT2D eigenvalue weighted by Crippen LogP contribution is 2.66. The van der Waals surface area contributed by atoms with E-state index in [1.54, 1.807) is 5.57 Å². The standard InChI is InChI=1S/C30H40N2O2/c1-29-13-10-23(34-28(33)21-12-16-32(3)19-21)17-22(29)6-7-24-26-9-8-25(20-5-4-15-31-18-20)30(26,2)14-11-27(24)29/h4-6,8,15,18,21,23-24,26-27H,7,9-14,16-17,19H2,1-3H3/t21?,23-,24-,26?,27+,29-,30+/m0/s1. The minimum absolute atomic E-state index is 0.0423. The van der Waals surface area contributed by atoms with Gasteiger partial charge in [0.1, 0.15) is 6.10 Å². The lowest BCUT2D eigenvalue weighted by molar-refractivity contribution is -0.155. The van der Waals surface area contributed by atoms with E-state index in [9.17, 15) is 4.79 Å². The first-order chi connectivity index (χ1) is 16.4. The molecule has 1 aliphatic heterocycles. The summed E-state index contributed by atoms with van der Waals surface area (Å²) < 4.78 is 6.08. The summed E-state index contributed by atoms with van der Waals surface area (Å²) in [6.45, 7) is 6.92. The zero-order chi connectivity index (χ0) is 23.5. The van der Waals surface area contributed by atoms with Gasteiger partial charge in [0, 0.05) is 25.4 Å². The number of ether oxygens (including phenoxy) is 1. The maximum atomic E-state index is 12.8. The number of fused-ring (bicyclic) bond motifs is 5. The van der Waals surface area contributed by atoms with E-state index >= 15 is 0 Å². The number of likely N-dealkylation sites (tertiary alicyclic amines) is 1. The van der Waals surface area contributed by atoms with Gasteiger partial charge in [-0.3, -0.25) is 9.78 Å². The lowest BCUT2D eigenvalue weighted by atomic mass is 9.47. The van der Waals surface area contributed by atoms with Crippen LogP contribution >= 0.6 is 0 Å². The van der Waals surface area contributed by atoms with Crippen molar-refractivity contribution in [1.82, 2.24) is 9.88 Å². The Hall–Kier alpha value is -1.94. The molecule has 34 heavy (non-hydrogen) atoms. The second-order valence-corrected chi connectivity index (χ2v) is 12.4. The number of pyridine rings is 1. The van der Waals surface area contributed by atoms with Crippen LogP contribution in [-0.4, -0.2) is 42.1 Å². The molecule has 0 N–H and O–H groups in total. The maximum absolute atomic E-state index is 12.8. The Kier molecular flexibility index (Phi) is 5.51. The molecule has 2 heterocycles. The number of hydrogen-bond acceptors (Lipinski definition) is 4. The van der Waals surface area contributed by atoms with Gasteiger partial charge in [-0.25, -0.2) is 0 Å². The summed E-state index contributed by atoms with van der Waals surface area (Å²) in [4.78, 5) is 19.4. The monoisotopic (exact) mass is 460 g/mol. The van der Waals surface area contributed by atoms with E-state index in [1.165, 1.54) is 36.8 Å². The van der Waals surface area contributed by atoms with E-state index in [0.29, 0.717) is 0 Å². The molecular weight excluding hydrogens is 420 g/mol.